The first-order valence-electron chi connectivity index (χ1n) is 18.9. The van der Waals surface area contributed by atoms with Crippen LogP contribution in [-0.2, 0) is 18.4 Å². The topological polar surface area (TPSA) is 108 Å². The summed E-state index contributed by atoms with van der Waals surface area (Å²) in [5, 5.41) is 13.8. The molecule has 0 heterocycles. The number of aliphatic hydroxyl groups is 1. The van der Waals surface area contributed by atoms with E-state index < -0.39 is 20.0 Å². The van der Waals surface area contributed by atoms with Gasteiger partial charge in [0.2, 0.25) is 5.91 Å². The van der Waals surface area contributed by atoms with Gasteiger partial charge in [0.15, 0.2) is 0 Å². The third-order valence-corrected chi connectivity index (χ3v) is 9.56. The van der Waals surface area contributed by atoms with Gasteiger partial charge in [-0.15, -0.1) is 0 Å². The number of amides is 1. The van der Waals surface area contributed by atoms with Gasteiger partial charge < -0.3 is 28.8 Å². The maximum atomic E-state index is 12.7. The summed E-state index contributed by atoms with van der Waals surface area (Å²) in [5.74, 6) is -0.166. The van der Waals surface area contributed by atoms with E-state index in [1.165, 1.54) is 109 Å². The summed E-state index contributed by atoms with van der Waals surface area (Å²) in [7, 11) is 1.31. The first kappa shape index (κ1) is 44.5. The van der Waals surface area contributed by atoms with Crippen LogP contribution in [0.4, 0.5) is 0 Å². The SMILES string of the molecule is CCCCCCCCCCCCCCCCC(=O)NC(COP(=O)([O-])OCC[N+](C)(C)C)C(O)CCCCCCCCCCC. The van der Waals surface area contributed by atoms with E-state index in [1.54, 1.807) is 0 Å². The van der Waals surface area contributed by atoms with E-state index in [9.17, 15) is 19.4 Å². The standard InChI is InChI=1S/C36H75N2O6P/c1-6-8-10-12-14-16-17-18-19-20-22-24-26-28-30-36(40)37-34(33-44-45(41,42)43-32-31-38(3,4)5)35(39)29-27-25-23-21-15-13-11-9-7-2/h34-35,39H,6-33H2,1-5H3,(H-,37,40,41,42). The highest BCUT2D eigenvalue weighted by Crippen LogP contribution is 2.38. The normalized spacial score (nSPS) is 14.7. The molecule has 45 heavy (non-hydrogen) atoms. The van der Waals surface area contributed by atoms with Gasteiger partial charge in [0.1, 0.15) is 13.2 Å². The van der Waals surface area contributed by atoms with E-state index in [0.717, 1.165) is 38.5 Å². The van der Waals surface area contributed by atoms with Crippen molar-refractivity contribution in [2.45, 2.75) is 187 Å². The van der Waals surface area contributed by atoms with Crippen molar-refractivity contribution in [1.29, 1.82) is 0 Å². The quantitative estimate of drug-likeness (QED) is 0.0405. The minimum atomic E-state index is -4.54. The number of carbonyl (C=O) groups excluding carboxylic acids is 1. The predicted octanol–water partition coefficient (Wildman–Crippen LogP) is 8.83. The maximum absolute atomic E-state index is 12.7. The van der Waals surface area contributed by atoms with Gasteiger partial charge in [-0.3, -0.25) is 9.36 Å². The molecule has 2 N–H and O–H groups in total. The molecule has 0 bridgehead atoms. The zero-order valence-corrected chi connectivity index (χ0v) is 31.2. The number of aliphatic hydroxyl groups excluding tert-OH is 1. The monoisotopic (exact) mass is 663 g/mol. The van der Waals surface area contributed by atoms with Crippen molar-refractivity contribution in [2.75, 3.05) is 40.9 Å². The summed E-state index contributed by atoms with van der Waals surface area (Å²) in [5.41, 5.74) is 0. The van der Waals surface area contributed by atoms with Crippen molar-refractivity contribution in [2.24, 2.45) is 0 Å². The average Bonchev–Trinajstić information content (AvgIpc) is 2.97. The highest BCUT2D eigenvalue weighted by molar-refractivity contribution is 7.45. The van der Waals surface area contributed by atoms with Gasteiger partial charge >= 0.3 is 0 Å². The Kier molecular flexibility index (Phi) is 29.3. The molecular weight excluding hydrogens is 587 g/mol. The van der Waals surface area contributed by atoms with Gasteiger partial charge in [0, 0.05) is 6.42 Å². The number of phosphoric acid groups is 1. The first-order chi connectivity index (χ1) is 21.5. The van der Waals surface area contributed by atoms with Crippen LogP contribution in [0.1, 0.15) is 174 Å². The van der Waals surface area contributed by atoms with Gasteiger partial charge in [-0.25, -0.2) is 0 Å². The van der Waals surface area contributed by atoms with Gasteiger partial charge in [-0.2, -0.15) is 0 Å². The van der Waals surface area contributed by atoms with Gasteiger partial charge in [0.25, 0.3) is 7.82 Å². The van der Waals surface area contributed by atoms with Crippen LogP contribution >= 0.6 is 7.82 Å². The fourth-order valence-corrected chi connectivity index (χ4v) is 6.23. The minimum absolute atomic E-state index is 0.0153. The Morgan fingerprint density at radius 2 is 1.09 bits per heavy atom. The molecule has 3 atom stereocenters. The van der Waals surface area contributed by atoms with Crippen molar-refractivity contribution in [3.63, 3.8) is 0 Å². The molecule has 3 unspecified atom stereocenters. The van der Waals surface area contributed by atoms with Crippen molar-refractivity contribution >= 4 is 13.7 Å². The maximum Gasteiger partial charge on any atom is 0.268 e. The summed E-state index contributed by atoms with van der Waals surface area (Å²) in [4.78, 5) is 25.1. The fraction of sp³-hybridized carbons (Fsp3) is 0.972. The smallest absolute Gasteiger partial charge is 0.268 e. The Hall–Kier alpha value is -0.500. The molecular formula is C36H75N2O6P. The lowest BCUT2D eigenvalue weighted by molar-refractivity contribution is -0.870. The Morgan fingerprint density at radius 1 is 0.689 bits per heavy atom. The second-order valence-corrected chi connectivity index (χ2v) is 15.7. The molecule has 270 valence electrons. The number of hydrogen-bond donors (Lipinski definition) is 2. The zero-order valence-electron chi connectivity index (χ0n) is 30.3. The second-order valence-electron chi connectivity index (χ2n) is 14.3. The Labute approximate surface area is 279 Å². The van der Waals surface area contributed by atoms with Crippen LogP contribution in [0.2, 0.25) is 0 Å². The lowest BCUT2D eigenvalue weighted by Crippen LogP contribution is -2.46. The molecule has 9 heteroatoms. The van der Waals surface area contributed by atoms with Crippen molar-refractivity contribution < 1.29 is 32.9 Å². The van der Waals surface area contributed by atoms with Crippen LogP contribution < -0.4 is 10.2 Å². The van der Waals surface area contributed by atoms with E-state index in [0.29, 0.717) is 23.9 Å². The summed E-state index contributed by atoms with van der Waals surface area (Å²) >= 11 is 0. The first-order valence-corrected chi connectivity index (χ1v) is 20.3. The number of carbonyl (C=O) groups is 1. The Bertz CT molecular complexity index is 718. The van der Waals surface area contributed by atoms with Crippen LogP contribution in [-0.4, -0.2) is 68.5 Å². The molecule has 0 saturated carbocycles. The largest absolute Gasteiger partial charge is 0.756 e. The molecule has 0 rings (SSSR count). The van der Waals surface area contributed by atoms with Crippen molar-refractivity contribution in [3.8, 4) is 0 Å². The molecule has 0 radical (unpaired) electrons. The molecule has 0 saturated heterocycles. The van der Waals surface area contributed by atoms with Crippen LogP contribution in [0, 0.1) is 0 Å². The van der Waals surface area contributed by atoms with E-state index in [2.05, 4.69) is 19.2 Å². The summed E-state index contributed by atoms with van der Waals surface area (Å²) < 4.78 is 23.1. The predicted molar refractivity (Wildman–Crippen MR) is 187 cm³/mol. The number of likely N-dealkylation sites (N-methyl/N-ethyl adjacent to an activating group) is 1. The van der Waals surface area contributed by atoms with Gasteiger partial charge in [-0.1, -0.05) is 155 Å². The molecule has 0 aromatic rings. The molecule has 0 aliphatic heterocycles. The molecule has 0 aliphatic rings. The van der Waals surface area contributed by atoms with Gasteiger partial charge in [0.05, 0.1) is 39.9 Å². The number of quaternary nitrogens is 1. The number of hydrogen-bond acceptors (Lipinski definition) is 6. The molecule has 0 spiro atoms. The van der Waals surface area contributed by atoms with Crippen molar-refractivity contribution in [1.82, 2.24) is 5.32 Å². The Morgan fingerprint density at radius 3 is 1.51 bits per heavy atom. The molecule has 0 aromatic carbocycles. The van der Waals surface area contributed by atoms with Crippen LogP contribution in [0.3, 0.4) is 0 Å². The number of nitrogens with one attached hydrogen (secondary N) is 1. The minimum Gasteiger partial charge on any atom is -0.756 e. The summed E-state index contributed by atoms with van der Waals surface area (Å²) in [6.45, 7) is 4.68. The van der Waals surface area contributed by atoms with Gasteiger partial charge in [-0.05, 0) is 12.8 Å². The van der Waals surface area contributed by atoms with Crippen LogP contribution in [0.15, 0.2) is 0 Å². The summed E-state index contributed by atoms with van der Waals surface area (Å²) in [6.07, 6.45) is 28.1. The number of unbranched alkanes of at least 4 members (excludes halogenated alkanes) is 21. The molecule has 0 fully saturated rings. The lowest BCUT2D eigenvalue weighted by Gasteiger charge is -2.30. The average molecular weight is 663 g/mol. The third kappa shape index (κ3) is 31.8. The van der Waals surface area contributed by atoms with Crippen molar-refractivity contribution in [3.05, 3.63) is 0 Å². The molecule has 8 nitrogen and oxygen atoms in total. The second kappa shape index (κ2) is 29.6. The van der Waals surface area contributed by atoms with E-state index >= 15 is 0 Å². The Balaban J connectivity index is 4.41. The zero-order chi connectivity index (χ0) is 33.7. The lowest BCUT2D eigenvalue weighted by atomic mass is 10.0. The number of phosphoric ester groups is 1. The third-order valence-electron chi connectivity index (χ3n) is 8.60. The van der Waals surface area contributed by atoms with Crippen LogP contribution in [0.25, 0.3) is 0 Å². The number of rotatable bonds is 34. The van der Waals surface area contributed by atoms with Crippen LogP contribution in [0.5, 0.6) is 0 Å². The highest BCUT2D eigenvalue weighted by Gasteiger charge is 2.24. The highest BCUT2D eigenvalue weighted by atomic mass is 31.2. The van der Waals surface area contributed by atoms with E-state index in [1.807, 2.05) is 21.1 Å². The van der Waals surface area contributed by atoms with E-state index in [-0.39, 0.29) is 19.1 Å². The molecule has 0 aliphatic carbocycles. The number of nitrogens with zero attached hydrogens (tertiary/aromatic N) is 1. The summed E-state index contributed by atoms with van der Waals surface area (Å²) in [6, 6.07) is -0.789. The molecule has 1 amide bonds. The van der Waals surface area contributed by atoms with E-state index in [4.69, 9.17) is 9.05 Å². The molecule has 0 aromatic heterocycles. The fourth-order valence-electron chi connectivity index (χ4n) is 5.51.